The van der Waals surface area contributed by atoms with Gasteiger partial charge in [0.1, 0.15) is 5.75 Å². The van der Waals surface area contributed by atoms with Crippen molar-refractivity contribution in [2.45, 2.75) is 13.3 Å². The van der Waals surface area contributed by atoms with E-state index >= 15 is 0 Å². The molecule has 0 bridgehead atoms. The van der Waals surface area contributed by atoms with E-state index in [1.165, 1.54) is 6.92 Å². The van der Waals surface area contributed by atoms with Crippen molar-refractivity contribution in [3.05, 3.63) is 66.7 Å². The van der Waals surface area contributed by atoms with Crippen LogP contribution in [-0.2, 0) is 9.59 Å². The quantitative estimate of drug-likeness (QED) is 0.542. The Hall–Kier alpha value is -3.94. The molecule has 0 fully saturated rings. The van der Waals surface area contributed by atoms with Crippen molar-refractivity contribution in [1.82, 2.24) is 10.2 Å². The lowest BCUT2D eigenvalue weighted by Crippen LogP contribution is -2.16. The molecule has 2 amide bonds. The van der Waals surface area contributed by atoms with Gasteiger partial charge in [0.2, 0.25) is 11.8 Å². The molecule has 0 saturated carbocycles. The number of para-hydroxylation sites is 1. The molecular formula is C21H21N5O3. The molecule has 0 saturated heterocycles. The number of hydrogen-bond acceptors (Lipinski definition) is 6. The van der Waals surface area contributed by atoms with Gasteiger partial charge in [0.15, 0.2) is 11.6 Å². The maximum Gasteiger partial charge on any atom is 0.229 e. The van der Waals surface area contributed by atoms with Gasteiger partial charge in [0.05, 0.1) is 13.0 Å². The van der Waals surface area contributed by atoms with Crippen molar-refractivity contribution in [3.63, 3.8) is 0 Å². The Labute approximate surface area is 168 Å². The minimum Gasteiger partial charge on any atom is -0.493 e. The van der Waals surface area contributed by atoms with Crippen molar-refractivity contribution in [2.75, 3.05) is 22.6 Å². The highest BCUT2D eigenvalue weighted by Gasteiger charge is 2.05. The van der Waals surface area contributed by atoms with Gasteiger partial charge in [-0.25, -0.2) is 0 Å². The minimum atomic E-state index is -0.204. The van der Waals surface area contributed by atoms with Gasteiger partial charge in [-0.15, -0.1) is 10.2 Å². The normalized spacial score (nSPS) is 10.1. The van der Waals surface area contributed by atoms with Crippen LogP contribution in [-0.4, -0.2) is 28.6 Å². The Morgan fingerprint density at radius 3 is 2.14 bits per heavy atom. The predicted molar refractivity (Wildman–Crippen MR) is 111 cm³/mol. The van der Waals surface area contributed by atoms with Gasteiger partial charge in [-0.2, -0.15) is 0 Å². The van der Waals surface area contributed by atoms with Gasteiger partial charge < -0.3 is 20.7 Å². The third-order valence-electron chi connectivity index (χ3n) is 3.75. The maximum atomic E-state index is 12.0. The Bertz CT molecular complexity index is 944. The zero-order valence-corrected chi connectivity index (χ0v) is 15.9. The number of rotatable bonds is 8. The molecule has 0 spiro atoms. The van der Waals surface area contributed by atoms with E-state index in [2.05, 4.69) is 26.1 Å². The maximum absolute atomic E-state index is 12.0. The highest BCUT2D eigenvalue weighted by atomic mass is 16.5. The number of amides is 2. The van der Waals surface area contributed by atoms with Crippen molar-refractivity contribution < 1.29 is 14.3 Å². The third-order valence-corrected chi connectivity index (χ3v) is 3.75. The number of ether oxygens (including phenoxy) is 1. The van der Waals surface area contributed by atoms with Gasteiger partial charge in [-0.05, 0) is 48.5 Å². The topological polar surface area (TPSA) is 105 Å². The first-order chi connectivity index (χ1) is 14.1. The number of carbonyl (C=O) groups excluding carboxylic acids is 2. The molecule has 29 heavy (non-hydrogen) atoms. The summed E-state index contributed by atoms with van der Waals surface area (Å²) in [6, 6.07) is 19.9. The molecule has 0 radical (unpaired) electrons. The van der Waals surface area contributed by atoms with Crippen LogP contribution in [0.2, 0.25) is 0 Å². The number of nitrogens with one attached hydrogen (secondary N) is 3. The van der Waals surface area contributed by atoms with Crippen molar-refractivity contribution in [1.29, 1.82) is 0 Å². The Morgan fingerprint density at radius 2 is 1.48 bits per heavy atom. The largest absolute Gasteiger partial charge is 0.493 e. The molecule has 0 aliphatic heterocycles. The van der Waals surface area contributed by atoms with Crippen LogP contribution >= 0.6 is 0 Å². The molecule has 1 aromatic heterocycles. The number of aromatic nitrogens is 2. The highest BCUT2D eigenvalue weighted by Crippen LogP contribution is 2.18. The lowest BCUT2D eigenvalue weighted by atomic mass is 10.2. The van der Waals surface area contributed by atoms with E-state index in [0.29, 0.717) is 17.3 Å². The molecule has 8 heteroatoms. The summed E-state index contributed by atoms with van der Waals surface area (Å²) in [5, 5.41) is 16.5. The predicted octanol–water partition coefficient (Wildman–Crippen LogP) is 3.59. The summed E-state index contributed by atoms with van der Waals surface area (Å²) in [5.74, 6) is 1.29. The monoisotopic (exact) mass is 391 g/mol. The van der Waals surface area contributed by atoms with Gasteiger partial charge in [0, 0.05) is 18.3 Å². The highest BCUT2D eigenvalue weighted by molar-refractivity contribution is 5.90. The number of carbonyl (C=O) groups is 2. The van der Waals surface area contributed by atoms with Crippen LogP contribution < -0.4 is 20.7 Å². The second-order valence-electron chi connectivity index (χ2n) is 6.15. The molecule has 3 N–H and O–H groups in total. The summed E-state index contributed by atoms with van der Waals surface area (Å²) < 4.78 is 5.50. The summed E-state index contributed by atoms with van der Waals surface area (Å²) in [5.41, 5.74) is 1.51. The van der Waals surface area contributed by atoms with E-state index < -0.39 is 0 Å². The summed E-state index contributed by atoms with van der Waals surface area (Å²) in [6.07, 6.45) is 0.206. The molecule has 148 valence electrons. The van der Waals surface area contributed by atoms with Crippen molar-refractivity contribution >= 4 is 34.8 Å². The SMILES string of the molecule is CC(=O)Nc1ccc(Nc2ccc(NC(=O)CCOc3ccccc3)nn2)cc1. The standard InChI is InChI=1S/C21H21N5O3/c1-15(27)22-16-7-9-17(10-8-16)23-19-11-12-20(26-25-19)24-21(28)13-14-29-18-5-3-2-4-6-18/h2-12H,13-14H2,1H3,(H,22,27)(H,23,25)(H,24,26,28). The fourth-order valence-corrected chi connectivity index (χ4v) is 2.44. The van der Waals surface area contributed by atoms with E-state index in [-0.39, 0.29) is 24.8 Å². The van der Waals surface area contributed by atoms with Crippen molar-refractivity contribution in [3.8, 4) is 5.75 Å². The molecule has 8 nitrogen and oxygen atoms in total. The molecule has 0 aliphatic rings. The molecule has 3 rings (SSSR count). The second kappa shape index (κ2) is 9.84. The van der Waals surface area contributed by atoms with Crippen LogP contribution in [0.5, 0.6) is 5.75 Å². The van der Waals surface area contributed by atoms with E-state index in [0.717, 1.165) is 11.4 Å². The van der Waals surface area contributed by atoms with Crippen molar-refractivity contribution in [2.24, 2.45) is 0 Å². The summed E-state index contributed by atoms with van der Waals surface area (Å²) in [6.45, 7) is 1.73. The van der Waals surface area contributed by atoms with Crippen LogP contribution in [0.1, 0.15) is 13.3 Å². The molecule has 3 aromatic rings. The lowest BCUT2D eigenvalue weighted by molar-refractivity contribution is -0.116. The van der Waals surface area contributed by atoms with E-state index in [9.17, 15) is 9.59 Å². The molecule has 0 atom stereocenters. The Morgan fingerprint density at radius 1 is 0.828 bits per heavy atom. The van der Waals surface area contributed by atoms with Crippen LogP contribution in [0.3, 0.4) is 0 Å². The third kappa shape index (κ3) is 6.62. The molecule has 0 unspecified atom stereocenters. The average Bonchev–Trinajstić information content (AvgIpc) is 2.71. The van der Waals surface area contributed by atoms with Crippen LogP contribution in [0.25, 0.3) is 0 Å². The Balaban J connectivity index is 1.45. The van der Waals surface area contributed by atoms with Gasteiger partial charge in [0.25, 0.3) is 0 Å². The number of benzene rings is 2. The number of nitrogens with zero attached hydrogens (tertiary/aromatic N) is 2. The van der Waals surface area contributed by atoms with Gasteiger partial charge in [-0.3, -0.25) is 9.59 Å². The van der Waals surface area contributed by atoms with Gasteiger partial charge in [-0.1, -0.05) is 18.2 Å². The van der Waals surface area contributed by atoms with E-state index in [4.69, 9.17) is 4.74 Å². The summed E-state index contributed by atoms with van der Waals surface area (Å²) >= 11 is 0. The molecule has 1 heterocycles. The molecular weight excluding hydrogens is 370 g/mol. The Kier molecular flexibility index (Phi) is 6.72. The first-order valence-electron chi connectivity index (χ1n) is 9.04. The number of anilines is 4. The van der Waals surface area contributed by atoms with E-state index in [1.807, 2.05) is 42.5 Å². The second-order valence-corrected chi connectivity index (χ2v) is 6.15. The van der Waals surface area contributed by atoms with Crippen LogP contribution in [0, 0.1) is 0 Å². The van der Waals surface area contributed by atoms with Crippen LogP contribution in [0.4, 0.5) is 23.0 Å². The molecule has 2 aromatic carbocycles. The first kappa shape index (κ1) is 19.8. The lowest BCUT2D eigenvalue weighted by Gasteiger charge is -2.08. The average molecular weight is 391 g/mol. The first-order valence-corrected chi connectivity index (χ1v) is 9.04. The smallest absolute Gasteiger partial charge is 0.229 e. The summed E-state index contributed by atoms with van der Waals surface area (Å²) in [7, 11) is 0. The molecule has 0 aliphatic carbocycles. The summed E-state index contributed by atoms with van der Waals surface area (Å²) in [4.78, 5) is 23.0. The van der Waals surface area contributed by atoms with E-state index in [1.54, 1.807) is 24.3 Å². The van der Waals surface area contributed by atoms with Crippen LogP contribution in [0.15, 0.2) is 66.7 Å². The number of hydrogen-bond donors (Lipinski definition) is 3. The minimum absolute atomic E-state index is 0.124. The fraction of sp³-hybridized carbons (Fsp3) is 0.143. The van der Waals surface area contributed by atoms with Gasteiger partial charge >= 0.3 is 0 Å². The zero-order chi connectivity index (χ0) is 20.5. The zero-order valence-electron chi connectivity index (χ0n) is 15.9. The fourth-order valence-electron chi connectivity index (χ4n) is 2.44.